The molecule has 0 radical (unpaired) electrons. The first-order chi connectivity index (χ1) is 13.4. The normalized spacial score (nSPS) is 12.3. The Hall–Kier alpha value is -2.71. The van der Waals surface area contributed by atoms with E-state index in [0.717, 1.165) is 5.69 Å². The molecule has 0 atom stereocenters. The summed E-state index contributed by atoms with van der Waals surface area (Å²) in [5, 5.41) is 8.74. The van der Waals surface area contributed by atoms with E-state index in [1.54, 1.807) is 11.3 Å². The van der Waals surface area contributed by atoms with E-state index >= 15 is 0 Å². The standard InChI is InChI=1S/C26H23NS/c1-16-15-28-25-21(16)9-10-27-24(25)20-12-19-11-17-7-5-6-8-18(17)13-22(19)23(14-20)26(2,3)4/h5-15H,1-4H3. The molecule has 1 nitrogen and oxygen atoms in total. The minimum atomic E-state index is 0.0516. The Morgan fingerprint density at radius 3 is 2.32 bits per heavy atom. The molecule has 0 saturated heterocycles. The van der Waals surface area contributed by atoms with Crippen LogP contribution in [0.15, 0.2) is 66.2 Å². The van der Waals surface area contributed by atoms with Crippen LogP contribution in [0, 0.1) is 6.92 Å². The van der Waals surface area contributed by atoms with Gasteiger partial charge in [0.1, 0.15) is 0 Å². The maximum atomic E-state index is 4.79. The van der Waals surface area contributed by atoms with Crippen molar-refractivity contribution in [3.63, 3.8) is 0 Å². The summed E-state index contributed by atoms with van der Waals surface area (Å²) in [6.45, 7) is 9.06. The number of pyridine rings is 1. The van der Waals surface area contributed by atoms with Crippen LogP contribution in [0.5, 0.6) is 0 Å². The van der Waals surface area contributed by atoms with Gasteiger partial charge in [-0.25, -0.2) is 0 Å². The van der Waals surface area contributed by atoms with E-state index in [-0.39, 0.29) is 5.41 Å². The molecule has 28 heavy (non-hydrogen) atoms. The van der Waals surface area contributed by atoms with Gasteiger partial charge in [-0.1, -0.05) is 45.0 Å². The Balaban J connectivity index is 1.88. The van der Waals surface area contributed by atoms with Crippen LogP contribution in [0.4, 0.5) is 0 Å². The third kappa shape index (κ3) is 2.71. The average Bonchev–Trinajstić information content (AvgIpc) is 3.06. The summed E-state index contributed by atoms with van der Waals surface area (Å²) in [5.74, 6) is 0. The van der Waals surface area contributed by atoms with Crippen molar-refractivity contribution in [3.05, 3.63) is 77.3 Å². The summed E-state index contributed by atoms with van der Waals surface area (Å²) in [6.07, 6.45) is 1.94. The van der Waals surface area contributed by atoms with E-state index in [9.17, 15) is 0 Å². The van der Waals surface area contributed by atoms with Gasteiger partial charge in [0.05, 0.1) is 10.4 Å². The van der Waals surface area contributed by atoms with Crippen LogP contribution in [-0.4, -0.2) is 4.98 Å². The molecular weight excluding hydrogens is 358 g/mol. The van der Waals surface area contributed by atoms with Gasteiger partial charge in [-0.3, -0.25) is 4.98 Å². The van der Waals surface area contributed by atoms with Crippen molar-refractivity contribution >= 4 is 43.0 Å². The lowest BCUT2D eigenvalue weighted by Gasteiger charge is -2.23. The molecule has 0 fully saturated rings. The lowest BCUT2D eigenvalue weighted by molar-refractivity contribution is 0.596. The van der Waals surface area contributed by atoms with Crippen molar-refractivity contribution in [2.75, 3.05) is 0 Å². The third-order valence-corrected chi connectivity index (χ3v) is 6.70. The minimum Gasteiger partial charge on any atom is -0.255 e. The summed E-state index contributed by atoms with van der Waals surface area (Å²) < 4.78 is 1.28. The van der Waals surface area contributed by atoms with E-state index in [1.165, 1.54) is 48.3 Å². The van der Waals surface area contributed by atoms with Gasteiger partial charge in [-0.2, -0.15) is 0 Å². The maximum absolute atomic E-state index is 4.79. The molecule has 0 aliphatic carbocycles. The van der Waals surface area contributed by atoms with E-state index in [1.807, 2.05) is 6.20 Å². The number of rotatable bonds is 1. The predicted molar refractivity (Wildman–Crippen MR) is 124 cm³/mol. The van der Waals surface area contributed by atoms with Gasteiger partial charge in [-0.15, -0.1) is 11.3 Å². The van der Waals surface area contributed by atoms with Crippen molar-refractivity contribution in [1.29, 1.82) is 0 Å². The molecule has 5 aromatic rings. The van der Waals surface area contributed by atoms with Crippen LogP contribution in [0.2, 0.25) is 0 Å². The first-order valence-electron chi connectivity index (χ1n) is 9.72. The first-order valence-corrected chi connectivity index (χ1v) is 10.6. The van der Waals surface area contributed by atoms with Crippen molar-refractivity contribution < 1.29 is 0 Å². The van der Waals surface area contributed by atoms with Gasteiger partial charge < -0.3 is 0 Å². The van der Waals surface area contributed by atoms with Gasteiger partial charge in [0.15, 0.2) is 0 Å². The Morgan fingerprint density at radius 1 is 0.821 bits per heavy atom. The number of benzene rings is 3. The van der Waals surface area contributed by atoms with Crippen LogP contribution in [-0.2, 0) is 5.41 Å². The molecule has 3 aromatic carbocycles. The van der Waals surface area contributed by atoms with E-state index in [4.69, 9.17) is 4.98 Å². The molecule has 0 aliphatic heterocycles. The van der Waals surface area contributed by atoms with Gasteiger partial charge in [0, 0.05) is 11.8 Å². The van der Waals surface area contributed by atoms with Gasteiger partial charge in [0.25, 0.3) is 0 Å². The molecule has 0 N–H and O–H groups in total. The van der Waals surface area contributed by atoms with Gasteiger partial charge in [-0.05, 0) is 86.1 Å². The topological polar surface area (TPSA) is 12.9 Å². The van der Waals surface area contributed by atoms with Gasteiger partial charge in [0.2, 0.25) is 0 Å². The molecule has 0 amide bonds. The fourth-order valence-electron chi connectivity index (χ4n) is 4.10. The zero-order valence-electron chi connectivity index (χ0n) is 16.7. The van der Waals surface area contributed by atoms with E-state index < -0.39 is 0 Å². The number of thiophene rings is 1. The maximum Gasteiger partial charge on any atom is 0.0880 e. The second-order valence-electron chi connectivity index (χ2n) is 8.65. The zero-order chi connectivity index (χ0) is 19.5. The third-order valence-electron chi connectivity index (χ3n) is 5.58. The quantitative estimate of drug-likeness (QED) is 0.269. The second kappa shape index (κ2) is 6.15. The number of aryl methyl sites for hydroxylation is 1. The summed E-state index contributed by atoms with van der Waals surface area (Å²) in [4.78, 5) is 4.79. The summed E-state index contributed by atoms with van der Waals surface area (Å²) in [6, 6.07) is 20.1. The van der Waals surface area contributed by atoms with Crippen molar-refractivity contribution in [2.24, 2.45) is 0 Å². The molecule has 2 heterocycles. The highest BCUT2D eigenvalue weighted by molar-refractivity contribution is 7.18. The monoisotopic (exact) mass is 381 g/mol. The lowest BCUT2D eigenvalue weighted by Crippen LogP contribution is -2.12. The Bertz CT molecular complexity index is 1350. The van der Waals surface area contributed by atoms with Gasteiger partial charge >= 0.3 is 0 Å². The van der Waals surface area contributed by atoms with Crippen molar-refractivity contribution in [3.8, 4) is 11.3 Å². The molecule has 0 unspecified atom stereocenters. The molecule has 0 saturated carbocycles. The van der Waals surface area contributed by atoms with E-state index in [0.29, 0.717) is 0 Å². The van der Waals surface area contributed by atoms with Crippen molar-refractivity contribution in [2.45, 2.75) is 33.1 Å². The molecule has 2 heteroatoms. The second-order valence-corrected chi connectivity index (χ2v) is 9.53. The number of fused-ring (bicyclic) bond motifs is 3. The smallest absolute Gasteiger partial charge is 0.0880 e. The molecular formula is C26H23NS. The van der Waals surface area contributed by atoms with Crippen LogP contribution >= 0.6 is 11.3 Å². The molecule has 138 valence electrons. The number of aromatic nitrogens is 1. The highest BCUT2D eigenvalue weighted by atomic mass is 32.1. The molecule has 0 aliphatic rings. The molecule has 0 bridgehead atoms. The van der Waals surface area contributed by atoms with Crippen LogP contribution in [0.3, 0.4) is 0 Å². The van der Waals surface area contributed by atoms with Crippen molar-refractivity contribution in [1.82, 2.24) is 4.98 Å². The Labute approximate surface area is 169 Å². The Morgan fingerprint density at radius 2 is 1.57 bits per heavy atom. The fraction of sp³-hybridized carbons (Fsp3) is 0.192. The van der Waals surface area contributed by atoms with E-state index in [2.05, 4.69) is 87.7 Å². The lowest BCUT2D eigenvalue weighted by atomic mass is 9.81. The number of hydrogen-bond acceptors (Lipinski definition) is 2. The highest BCUT2D eigenvalue weighted by Crippen LogP contribution is 2.39. The molecule has 5 rings (SSSR count). The SMILES string of the molecule is Cc1csc2c(-c3cc(C(C)(C)C)c4cc5ccccc5cc4c3)nccc12. The summed E-state index contributed by atoms with van der Waals surface area (Å²) >= 11 is 1.79. The first kappa shape index (κ1) is 17.4. The van der Waals surface area contributed by atoms with Crippen LogP contribution in [0.1, 0.15) is 31.9 Å². The Kier molecular flexibility index (Phi) is 3.82. The van der Waals surface area contributed by atoms with Crippen LogP contribution in [0.25, 0.3) is 42.9 Å². The highest BCUT2D eigenvalue weighted by Gasteiger charge is 2.20. The molecule has 2 aromatic heterocycles. The average molecular weight is 382 g/mol. The fourth-order valence-corrected chi connectivity index (χ4v) is 5.16. The minimum absolute atomic E-state index is 0.0516. The number of nitrogens with zero attached hydrogens (tertiary/aromatic N) is 1. The predicted octanol–water partition coefficient (Wildman–Crippen LogP) is 7.88. The summed E-state index contributed by atoms with van der Waals surface area (Å²) in [5.41, 5.74) is 5.05. The summed E-state index contributed by atoms with van der Waals surface area (Å²) in [7, 11) is 0. The zero-order valence-corrected chi connectivity index (χ0v) is 17.5. The van der Waals surface area contributed by atoms with Crippen LogP contribution < -0.4 is 0 Å². The molecule has 0 spiro atoms. The largest absolute Gasteiger partial charge is 0.255 e. The number of hydrogen-bond donors (Lipinski definition) is 0.